The molecule has 3 N–H and O–H groups in total. The summed E-state index contributed by atoms with van der Waals surface area (Å²) in [7, 11) is 3.94. The molecule has 1 aliphatic carbocycles. The Morgan fingerprint density at radius 3 is 2.43 bits per heavy atom. The molecule has 8 heteroatoms. The zero-order valence-electron chi connectivity index (χ0n) is 16.1. The van der Waals surface area contributed by atoms with Gasteiger partial charge in [-0.15, -0.1) is 0 Å². The predicted octanol–water partition coefficient (Wildman–Crippen LogP) is 3.12. The van der Waals surface area contributed by atoms with Crippen LogP contribution >= 0.6 is 12.2 Å². The smallest absolute Gasteiger partial charge is 0.224 e. The Kier molecular flexibility index (Phi) is 6.61. The Hall–Kier alpha value is -2.92. The van der Waals surface area contributed by atoms with Gasteiger partial charge in [0, 0.05) is 38.1 Å². The van der Waals surface area contributed by atoms with Crippen LogP contribution in [-0.4, -0.2) is 41.3 Å². The Balaban J connectivity index is 1.44. The molecule has 0 amide bonds. The zero-order chi connectivity index (χ0) is 19.9. The summed E-state index contributed by atoms with van der Waals surface area (Å²) in [5, 5.41) is 19.5. The summed E-state index contributed by atoms with van der Waals surface area (Å²) in [5.41, 5.74) is 1.51. The highest BCUT2D eigenvalue weighted by atomic mass is 32.1. The maximum atomic E-state index is 8.86. The van der Waals surface area contributed by atoms with Gasteiger partial charge < -0.3 is 20.9 Å². The van der Waals surface area contributed by atoms with Crippen molar-refractivity contribution < 1.29 is 0 Å². The summed E-state index contributed by atoms with van der Waals surface area (Å²) in [5.74, 6) is 1.58. The molecule has 0 bridgehead atoms. The number of anilines is 3. The van der Waals surface area contributed by atoms with Gasteiger partial charge in [0.1, 0.15) is 5.82 Å². The minimum atomic E-state index is 0.352. The van der Waals surface area contributed by atoms with E-state index in [1.165, 1.54) is 0 Å². The summed E-state index contributed by atoms with van der Waals surface area (Å²) >= 11 is 5.42. The molecule has 1 aliphatic rings. The van der Waals surface area contributed by atoms with E-state index in [2.05, 4.69) is 32.0 Å². The van der Waals surface area contributed by atoms with E-state index in [4.69, 9.17) is 17.5 Å². The van der Waals surface area contributed by atoms with E-state index in [0.29, 0.717) is 28.7 Å². The van der Waals surface area contributed by atoms with Gasteiger partial charge in [0.15, 0.2) is 5.11 Å². The first-order valence-electron chi connectivity index (χ1n) is 9.38. The molecule has 1 aromatic heterocycles. The normalized spacial score (nSPS) is 18.6. The molecule has 1 saturated carbocycles. The number of hydrogen-bond acceptors (Lipinski definition) is 6. The van der Waals surface area contributed by atoms with Crippen LogP contribution in [0.25, 0.3) is 0 Å². The van der Waals surface area contributed by atoms with Gasteiger partial charge >= 0.3 is 0 Å². The highest BCUT2D eigenvalue weighted by molar-refractivity contribution is 7.80. The number of rotatable bonds is 5. The van der Waals surface area contributed by atoms with Crippen LogP contribution < -0.4 is 20.9 Å². The van der Waals surface area contributed by atoms with Crippen LogP contribution in [0.5, 0.6) is 0 Å². The van der Waals surface area contributed by atoms with Crippen LogP contribution in [0.1, 0.15) is 31.2 Å². The fraction of sp³-hybridized carbons (Fsp3) is 0.400. The summed E-state index contributed by atoms with van der Waals surface area (Å²) < 4.78 is 0. The molecule has 146 valence electrons. The van der Waals surface area contributed by atoms with Crippen molar-refractivity contribution in [2.75, 3.05) is 29.6 Å². The lowest BCUT2D eigenvalue weighted by atomic mass is 9.91. The number of benzene rings is 1. The Morgan fingerprint density at radius 1 is 1.11 bits per heavy atom. The molecule has 1 aromatic carbocycles. The first-order chi connectivity index (χ1) is 13.5. The largest absolute Gasteiger partial charge is 0.363 e. The molecular weight excluding hydrogens is 370 g/mol. The molecular formula is C20H25N7S. The number of nitriles is 1. The van der Waals surface area contributed by atoms with Crippen molar-refractivity contribution >= 4 is 34.8 Å². The van der Waals surface area contributed by atoms with Gasteiger partial charge in [-0.25, -0.2) is 4.98 Å². The quantitative estimate of drug-likeness (QED) is 0.666. The van der Waals surface area contributed by atoms with Gasteiger partial charge in [-0.05, 0) is 68.2 Å². The maximum Gasteiger partial charge on any atom is 0.224 e. The number of hydrogen-bond donors (Lipinski definition) is 3. The second-order valence-corrected chi connectivity index (χ2v) is 7.52. The van der Waals surface area contributed by atoms with Crippen molar-refractivity contribution in [2.24, 2.45) is 0 Å². The molecule has 0 saturated heterocycles. The summed E-state index contributed by atoms with van der Waals surface area (Å²) in [6, 6.07) is 12.0. The SMILES string of the molecule is CN(C)c1ccnc(N[C@H]2CC[C@@H](NC(=S)Nc3ccc(C#N)cc3)CC2)n1. The second-order valence-electron chi connectivity index (χ2n) is 7.11. The lowest BCUT2D eigenvalue weighted by Crippen LogP contribution is -2.42. The Morgan fingerprint density at radius 2 is 1.79 bits per heavy atom. The topological polar surface area (TPSA) is 88.9 Å². The molecule has 28 heavy (non-hydrogen) atoms. The molecule has 0 atom stereocenters. The van der Waals surface area contributed by atoms with E-state index >= 15 is 0 Å². The standard InChI is InChI=1S/C20H25N7S/c1-27(2)18-11-12-22-19(26-18)23-15-7-9-17(10-8-15)25-20(28)24-16-5-3-14(13-21)4-6-16/h3-6,11-12,15,17H,7-10H2,1-2H3,(H,22,23,26)(H2,24,25,28)/t15-,17+. The lowest BCUT2D eigenvalue weighted by molar-refractivity contribution is 0.387. The monoisotopic (exact) mass is 395 g/mol. The van der Waals surface area contributed by atoms with E-state index < -0.39 is 0 Å². The Bertz CT molecular complexity index is 836. The second kappa shape index (κ2) is 9.33. The third-order valence-corrected chi connectivity index (χ3v) is 4.99. The fourth-order valence-corrected chi connectivity index (χ4v) is 3.50. The lowest BCUT2D eigenvalue weighted by Gasteiger charge is -2.30. The first kappa shape index (κ1) is 19.8. The molecule has 0 spiro atoms. The van der Waals surface area contributed by atoms with Gasteiger partial charge in [-0.3, -0.25) is 0 Å². The third kappa shape index (κ3) is 5.54. The third-order valence-electron chi connectivity index (χ3n) is 4.77. The molecule has 7 nitrogen and oxygen atoms in total. The van der Waals surface area contributed by atoms with Gasteiger partial charge in [0.2, 0.25) is 5.95 Å². The summed E-state index contributed by atoms with van der Waals surface area (Å²) in [6.45, 7) is 0. The van der Waals surface area contributed by atoms with Crippen molar-refractivity contribution in [3.05, 3.63) is 42.1 Å². The van der Waals surface area contributed by atoms with Crippen LogP contribution in [0.2, 0.25) is 0 Å². The minimum Gasteiger partial charge on any atom is -0.363 e. The van der Waals surface area contributed by atoms with Crippen LogP contribution in [0.15, 0.2) is 36.5 Å². The van der Waals surface area contributed by atoms with E-state index in [-0.39, 0.29) is 0 Å². The fourth-order valence-electron chi connectivity index (χ4n) is 3.21. The number of aromatic nitrogens is 2. The average Bonchev–Trinajstić information content (AvgIpc) is 2.70. The molecule has 2 aromatic rings. The van der Waals surface area contributed by atoms with Crippen molar-refractivity contribution in [2.45, 2.75) is 37.8 Å². The van der Waals surface area contributed by atoms with E-state index in [0.717, 1.165) is 37.2 Å². The molecule has 1 heterocycles. The number of nitrogens with one attached hydrogen (secondary N) is 3. The predicted molar refractivity (Wildman–Crippen MR) is 117 cm³/mol. The maximum absolute atomic E-state index is 8.86. The van der Waals surface area contributed by atoms with Gasteiger partial charge in [-0.1, -0.05) is 0 Å². The zero-order valence-corrected chi connectivity index (χ0v) is 17.0. The van der Waals surface area contributed by atoms with E-state index in [1.807, 2.05) is 37.2 Å². The van der Waals surface area contributed by atoms with Crippen LogP contribution in [-0.2, 0) is 0 Å². The number of thiocarbonyl (C=S) groups is 1. The first-order valence-corrected chi connectivity index (χ1v) is 9.79. The van der Waals surface area contributed by atoms with Crippen molar-refractivity contribution in [1.82, 2.24) is 15.3 Å². The Labute approximate surface area is 171 Å². The molecule has 0 radical (unpaired) electrons. The summed E-state index contributed by atoms with van der Waals surface area (Å²) in [4.78, 5) is 10.8. The van der Waals surface area contributed by atoms with Gasteiger partial charge in [0.25, 0.3) is 0 Å². The van der Waals surface area contributed by atoms with Gasteiger partial charge in [0.05, 0.1) is 11.6 Å². The van der Waals surface area contributed by atoms with Crippen molar-refractivity contribution in [3.63, 3.8) is 0 Å². The van der Waals surface area contributed by atoms with Crippen LogP contribution in [0.3, 0.4) is 0 Å². The molecule has 1 fully saturated rings. The van der Waals surface area contributed by atoms with Crippen LogP contribution in [0, 0.1) is 11.3 Å². The van der Waals surface area contributed by atoms with E-state index in [9.17, 15) is 0 Å². The highest BCUT2D eigenvalue weighted by Gasteiger charge is 2.22. The summed E-state index contributed by atoms with van der Waals surface area (Å²) in [6.07, 6.45) is 5.91. The van der Waals surface area contributed by atoms with Crippen LogP contribution in [0.4, 0.5) is 17.5 Å². The van der Waals surface area contributed by atoms with Crippen molar-refractivity contribution in [1.29, 1.82) is 5.26 Å². The average molecular weight is 396 g/mol. The number of nitrogens with zero attached hydrogens (tertiary/aromatic N) is 4. The minimum absolute atomic E-state index is 0.352. The highest BCUT2D eigenvalue weighted by Crippen LogP contribution is 2.22. The van der Waals surface area contributed by atoms with Gasteiger partial charge in [-0.2, -0.15) is 10.2 Å². The van der Waals surface area contributed by atoms with E-state index in [1.54, 1.807) is 18.3 Å². The molecule has 0 aliphatic heterocycles. The van der Waals surface area contributed by atoms with Crippen molar-refractivity contribution in [3.8, 4) is 6.07 Å². The molecule has 0 unspecified atom stereocenters. The molecule has 3 rings (SSSR count).